The second-order valence-electron chi connectivity index (χ2n) is 11.0. The van der Waals surface area contributed by atoms with Gasteiger partial charge in [-0.05, 0) is 55.5 Å². The number of aryl methyl sites for hydroxylation is 1. The van der Waals surface area contributed by atoms with E-state index in [9.17, 15) is 22.7 Å². The highest BCUT2D eigenvalue weighted by Gasteiger charge is 2.38. The Bertz CT molecular complexity index is 2090. The fourth-order valence-corrected chi connectivity index (χ4v) is 6.51. The number of fused-ring (bicyclic) bond motifs is 1. The van der Waals surface area contributed by atoms with Gasteiger partial charge in [0.25, 0.3) is 10.0 Å². The van der Waals surface area contributed by atoms with Crippen molar-refractivity contribution in [2.24, 2.45) is 0 Å². The minimum atomic E-state index is -3.64. The average Bonchev–Trinajstić information content (AvgIpc) is 3.73. The minimum absolute atomic E-state index is 0.00555. The van der Waals surface area contributed by atoms with E-state index >= 15 is 4.39 Å². The molecule has 0 amide bonds. The summed E-state index contributed by atoms with van der Waals surface area (Å²) in [5.74, 6) is -2.39. The van der Waals surface area contributed by atoms with E-state index in [1.165, 1.54) is 21.6 Å². The Labute approximate surface area is 250 Å². The van der Waals surface area contributed by atoms with Crippen molar-refractivity contribution in [2.75, 3.05) is 11.9 Å². The monoisotopic (exact) mass is 622 g/mol. The molecule has 0 spiro atoms. The molecule has 44 heavy (non-hydrogen) atoms. The summed E-state index contributed by atoms with van der Waals surface area (Å²) >= 11 is 0. The Morgan fingerprint density at radius 3 is 2.55 bits per heavy atom. The van der Waals surface area contributed by atoms with Gasteiger partial charge >= 0.3 is 5.69 Å². The highest BCUT2D eigenvalue weighted by molar-refractivity contribution is 7.90. The molecular weight excluding hydrogens is 594 g/mol. The Morgan fingerprint density at radius 2 is 1.86 bits per heavy atom. The summed E-state index contributed by atoms with van der Waals surface area (Å²) in [7, 11) is -2.08. The number of hydrogen-bond donors (Lipinski definition) is 1. The van der Waals surface area contributed by atoms with Gasteiger partial charge in [-0.25, -0.2) is 36.5 Å². The lowest BCUT2D eigenvalue weighted by Gasteiger charge is -2.22. The minimum Gasteiger partial charge on any atom is -0.507 e. The van der Waals surface area contributed by atoms with Crippen molar-refractivity contribution in [3.63, 3.8) is 0 Å². The zero-order valence-electron chi connectivity index (χ0n) is 24.2. The Morgan fingerprint density at radius 1 is 1.11 bits per heavy atom. The molecule has 0 aliphatic heterocycles. The van der Waals surface area contributed by atoms with E-state index in [1.807, 2.05) is 13.8 Å². The maximum atomic E-state index is 15.8. The topological polar surface area (TPSA) is 149 Å². The van der Waals surface area contributed by atoms with Crippen LogP contribution in [-0.2, 0) is 16.6 Å². The molecule has 4 aromatic heterocycles. The Kier molecular flexibility index (Phi) is 7.14. The van der Waals surface area contributed by atoms with Crippen molar-refractivity contribution in [2.45, 2.75) is 51.3 Å². The molecule has 6 rings (SSSR count). The van der Waals surface area contributed by atoms with Crippen LogP contribution in [0.2, 0.25) is 0 Å². The second kappa shape index (κ2) is 10.7. The molecule has 228 valence electrons. The van der Waals surface area contributed by atoms with Gasteiger partial charge in [-0.2, -0.15) is 4.98 Å². The van der Waals surface area contributed by atoms with Crippen molar-refractivity contribution in [1.29, 1.82) is 0 Å². The number of pyridine rings is 2. The largest absolute Gasteiger partial charge is 0.507 e. The number of nitrogens with zero attached hydrogens (tertiary/aromatic N) is 8. The molecule has 1 fully saturated rings. The molecule has 0 radical (unpaired) electrons. The first-order valence-corrected chi connectivity index (χ1v) is 15.3. The summed E-state index contributed by atoms with van der Waals surface area (Å²) in [5.41, 5.74) is -0.163. The molecule has 15 heteroatoms. The maximum absolute atomic E-state index is 15.8. The van der Waals surface area contributed by atoms with Crippen molar-refractivity contribution < 1.29 is 22.3 Å². The molecule has 4 heterocycles. The van der Waals surface area contributed by atoms with Gasteiger partial charge in [0.2, 0.25) is 0 Å². The first-order chi connectivity index (χ1) is 20.9. The maximum Gasteiger partial charge on any atom is 0.355 e. The van der Waals surface area contributed by atoms with Crippen molar-refractivity contribution in [1.82, 2.24) is 33.7 Å². The van der Waals surface area contributed by atoms with Gasteiger partial charge in [0, 0.05) is 13.2 Å². The standard InChI is InChI=1S/C29H28F2N8O4S/c1-15(2)24-26(16(3)10-11-32-24)39-28-18(12-20(31)25(34-28)23-19(30)6-5-7-21(23)40)27(35-29(39)41)37(4)13-22-33-14-38(36-22)44(42,43)17-8-9-17/h5-7,10-12,14-15,17,40H,8-9,13H2,1-4H3. The predicted octanol–water partition coefficient (Wildman–Crippen LogP) is 3.83. The normalized spacial score (nSPS) is 13.6. The number of halogens is 2. The van der Waals surface area contributed by atoms with Gasteiger partial charge in [0.05, 0.1) is 34.1 Å². The molecule has 1 aliphatic carbocycles. The molecule has 12 nitrogen and oxygen atoms in total. The first-order valence-electron chi connectivity index (χ1n) is 13.8. The molecule has 0 bridgehead atoms. The van der Waals surface area contributed by atoms with E-state index in [0.29, 0.717) is 29.8 Å². The molecule has 5 aromatic rings. The van der Waals surface area contributed by atoms with E-state index in [-0.39, 0.29) is 35.1 Å². The number of rotatable bonds is 8. The van der Waals surface area contributed by atoms with Crippen LogP contribution in [0.4, 0.5) is 14.6 Å². The second-order valence-corrected chi connectivity index (χ2v) is 13.1. The van der Waals surface area contributed by atoms with Crippen LogP contribution in [0, 0.1) is 18.6 Å². The van der Waals surface area contributed by atoms with Crippen LogP contribution < -0.4 is 10.6 Å². The number of hydrogen-bond acceptors (Lipinski definition) is 10. The van der Waals surface area contributed by atoms with Crippen LogP contribution in [-0.4, -0.2) is 59.5 Å². The van der Waals surface area contributed by atoms with E-state index in [2.05, 4.69) is 25.0 Å². The summed E-state index contributed by atoms with van der Waals surface area (Å²) in [5, 5.41) is 14.2. The van der Waals surface area contributed by atoms with Gasteiger partial charge in [0.1, 0.15) is 29.4 Å². The zero-order valence-corrected chi connectivity index (χ0v) is 25.0. The molecule has 1 saturated carbocycles. The van der Waals surface area contributed by atoms with E-state index < -0.39 is 49.6 Å². The smallest absolute Gasteiger partial charge is 0.355 e. The van der Waals surface area contributed by atoms with Crippen LogP contribution in [0.1, 0.15) is 49.7 Å². The van der Waals surface area contributed by atoms with Crippen LogP contribution in [0.15, 0.2) is 47.7 Å². The van der Waals surface area contributed by atoms with Crippen LogP contribution in [0.5, 0.6) is 5.75 Å². The van der Waals surface area contributed by atoms with Crippen LogP contribution in [0.3, 0.4) is 0 Å². The summed E-state index contributed by atoms with van der Waals surface area (Å²) in [4.78, 5) is 32.6. The quantitative estimate of drug-likeness (QED) is 0.271. The lowest BCUT2D eigenvalue weighted by molar-refractivity contribution is 0.470. The Balaban J connectivity index is 1.57. The molecule has 1 aromatic carbocycles. The fraction of sp³-hybridized carbons (Fsp3) is 0.310. The number of benzene rings is 1. The fourth-order valence-electron chi connectivity index (χ4n) is 5.09. The number of aromatic nitrogens is 7. The molecule has 0 saturated heterocycles. The summed E-state index contributed by atoms with van der Waals surface area (Å²) in [6.45, 7) is 5.50. The first kappa shape index (κ1) is 29.3. The average molecular weight is 623 g/mol. The lowest BCUT2D eigenvalue weighted by Crippen LogP contribution is -2.29. The summed E-state index contributed by atoms with van der Waals surface area (Å²) < 4.78 is 57.9. The summed E-state index contributed by atoms with van der Waals surface area (Å²) in [6, 6.07) is 6.34. The highest BCUT2D eigenvalue weighted by atomic mass is 32.2. The SMILES string of the molecule is Cc1ccnc(C(C)C)c1-n1c(=O)nc(N(C)Cc2ncn(S(=O)(=O)C3CC3)n2)c2cc(F)c(-c3c(O)cccc3F)nc21. The Hall–Kier alpha value is -4.79. The summed E-state index contributed by atoms with van der Waals surface area (Å²) in [6.07, 6.45) is 3.85. The van der Waals surface area contributed by atoms with Gasteiger partial charge in [-0.1, -0.05) is 19.9 Å². The zero-order chi connectivity index (χ0) is 31.5. The molecule has 0 unspecified atom stereocenters. The van der Waals surface area contributed by atoms with Crippen molar-refractivity contribution in [3.05, 3.63) is 82.1 Å². The molecule has 1 aliphatic rings. The van der Waals surface area contributed by atoms with E-state index in [4.69, 9.17) is 0 Å². The van der Waals surface area contributed by atoms with Crippen LogP contribution >= 0.6 is 0 Å². The van der Waals surface area contributed by atoms with Gasteiger partial charge in [-0.3, -0.25) is 4.98 Å². The third kappa shape index (κ3) is 4.96. The predicted molar refractivity (Wildman–Crippen MR) is 158 cm³/mol. The van der Waals surface area contributed by atoms with Crippen molar-refractivity contribution >= 4 is 26.9 Å². The molecule has 0 atom stereocenters. The number of phenolic OH excluding ortho intramolecular Hbond substituents is 1. The van der Waals surface area contributed by atoms with Gasteiger partial charge in [0.15, 0.2) is 17.3 Å². The van der Waals surface area contributed by atoms with E-state index in [1.54, 1.807) is 26.2 Å². The van der Waals surface area contributed by atoms with Gasteiger partial charge < -0.3 is 10.0 Å². The lowest BCUT2D eigenvalue weighted by atomic mass is 10.0. The van der Waals surface area contributed by atoms with E-state index in [0.717, 1.165) is 22.5 Å². The van der Waals surface area contributed by atoms with Gasteiger partial charge in [-0.15, -0.1) is 9.19 Å². The number of phenols is 1. The molecular formula is C29H28F2N8O4S. The van der Waals surface area contributed by atoms with Crippen molar-refractivity contribution in [3.8, 4) is 22.7 Å². The molecule has 1 N–H and O–H groups in total. The third-order valence-corrected chi connectivity index (χ3v) is 9.43. The van der Waals surface area contributed by atoms with Crippen LogP contribution in [0.25, 0.3) is 28.0 Å². The number of anilines is 1. The highest BCUT2D eigenvalue weighted by Crippen LogP contribution is 2.36. The third-order valence-electron chi connectivity index (χ3n) is 7.42. The number of aromatic hydroxyl groups is 1.